The molecule has 3 rings (SSSR count). The highest BCUT2D eigenvalue weighted by atomic mass is 19.4. The molecular formula is C13H14F3N2O3. The lowest BCUT2D eigenvalue weighted by Crippen LogP contribution is -2.38. The molecule has 1 spiro atoms. The number of aromatic nitrogens is 2. The summed E-state index contributed by atoms with van der Waals surface area (Å²) in [7, 11) is 0. The van der Waals surface area contributed by atoms with Gasteiger partial charge < -0.3 is 14.2 Å². The number of hydrogen-bond donors (Lipinski definition) is 0. The molecule has 0 atom stereocenters. The van der Waals surface area contributed by atoms with Crippen molar-refractivity contribution < 1.29 is 27.4 Å². The topological polar surface area (TPSA) is 53.5 Å². The van der Waals surface area contributed by atoms with Crippen molar-refractivity contribution in [3.63, 3.8) is 0 Å². The van der Waals surface area contributed by atoms with E-state index in [-0.39, 0.29) is 12.0 Å². The summed E-state index contributed by atoms with van der Waals surface area (Å²) >= 11 is 0. The predicted octanol–water partition coefficient (Wildman–Crippen LogP) is 2.36. The van der Waals surface area contributed by atoms with Crippen molar-refractivity contribution in [3.05, 3.63) is 18.1 Å². The Labute approximate surface area is 119 Å². The maximum atomic E-state index is 12.5. The van der Waals surface area contributed by atoms with Gasteiger partial charge in [-0.15, -0.1) is 0 Å². The predicted molar refractivity (Wildman–Crippen MR) is 63.4 cm³/mol. The van der Waals surface area contributed by atoms with Crippen LogP contribution < -0.4 is 4.74 Å². The average Bonchev–Trinajstić information content (AvgIpc) is 2.90. The quantitative estimate of drug-likeness (QED) is 0.839. The van der Waals surface area contributed by atoms with Crippen molar-refractivity contribution in [3.8, 4) is 5.88 Å². The van der Waals surface area contributed by atoms with Gasteiger partial charge in [0.25, 0.3) is 0 Å². The van der Waals surface area contributed by atoms with Crippen molar-refractivity contribution >= 4 is 0 Å². The van der Waals surface area contributed by atoms with Gasteiger partial charge in [-0.2, -0.15) is 18.2 Å². The molecule has 1 aliphatic heterocycles. The van der Waals surface area contributed by atoms with E-state index in [1.807, 2.05) is 0 Å². The molecule has 1 radical (unpaired) electrons. The molecule has 2 aliphatic rings. The lowest BCUT2D eigenvalue weighted by Gasteiger charge is -2.35. The van der Waals surface area contributed by atoms with Crippen molar-refractivity contribution in [1.82, 2.24) is 9.97 Å². The normalized spacial score (nSPS) is 22.6. The molecule has 8 heteroatoms. The Morgan fingerprint density at radius 3 is 2.52 bits per heavy atom. The lowest BCUT2D eigenvalue weighted by atomic mass is 9.92. The van der Waals surface area contributed by atoms with E-state index in [0.717, 1.165) is 0 Å². The summed E-state index contributed by atoms with van der Waals surface area (Å²) in [5.74, 6) is -1.87. The molecule has 1 saturated carbocycles. The molecule has 0 unspecified atom stereocenters. The van der Waals surface area contributed by atoms with Gasteiger partial charge in [-0.25, -0.2) is 4.98 Å². The third-order valence-corrected chi connectivity index (χ3v) is 3.62. The van der Waals surface area contributed by atoms with Crippen LogP contribution in [0.1, 0.15) is 31.5 Å². The van der Waals surface area contributed by atoms with E-state index in [0.29, 0.717) is 38.9 Å². The van der Waals surface area contributed by atoms with Crippen LogP contribution in [-0.4, -0.2) is 35.1 Å². The average molecular weight is 303 g/mol. The monoisotopic (exact) mass is 303 g/mol. The van der Waals surface area contributed by atoms with Gasteiger partial charge in [0, 0.05) is 18.9 Å². The van der Waals surface area contributed by atoms with E-state index >= 15 is 0 Å². The maximum Gasteiger partial charge on any atom is 0.451 e. The summed E-state index contributed by atoms with van der Waals surface area (Å²) in [5, 5.41) is 0. The summed E-state index contributed by atoms with van der Waals surface area (Å²) in [6.07, 6.45) is -0.0139. The highest BCUT2D eigenvalue weighted by molar-refractivity contribution is 5.10. The van der Waals surface area contributed by atoms with Crippen LogP contribution in [-0.2, 0) is 15.7 Å². The van der Waals surface area contributed by atoms with E-state index in [1.54, 1.807) is 0 Å². The molecule has 0 bridgehead atoms. The largest absolute Gasteiger partial charge is 0.474 e. The minimum absolute atomic E-state index is 0.105. The van der Waals surface area contributed by atoms with Gasteiger partial charge in [-0.1, -0.05) is 0 Å². The fourth-order valence-corrected chi connectivity index (χ4v) is 2.60. The molecule has 1 aromatic rings. The number of ether oxygens (including phenoxy) is 3. The Kier molecular flexibility index (Phi) is 3.75. The second-order valence-electron chi connectivity index (χ2n) is 5.08. The lowest BCUT2D eigenvalue weighted by molar-refractivity contribution is -0.186. The van der Waals surface area contributed by atoms with Gasteiger partial charge in [0.2, 0.25) is 11.7 Å². The van der Waals surface area contributed by atoms with E-state index in [9.17, 15) is 13.2 Å². The van der Waals surface area contributed by atoms with Crippen LogP contribution >= 0.6 is 0 Å². The van der Waals surface area contributed by atoms with Crippen LogP contribution in [0.5, 0.6) is 5.88 Å². The Bertz CT molecular complexity index is 494. The van der Waals surface area contributed by atoms with Crippen LogP contribution in [0.2, 0.25) is 0 Å². The van der Waals surface area contributed by atoms with Crippen molar-refractivity contribution in [1.29, 1.82) is 0 Å². The summed E-state index contributed by atoms with van der Waals surface area (Å²) in [6, 6.07) is 1.21. The molecule has 2 fully saturated rings. The van der Waals surface area contributed by atoms with Crippen LogP contribution in [0, 0.1) is 6.20 Å². The van der Waals surface area contributed by atoms with E-state index in [1.165, 1.54) is 6.07 Å². The van der Waals surface area contributed by atoms with Gasteiger partial charge in [0.1, 0.15) is 6.10 Å². The first kappa shape index (κ1) is 14.5. The highest BCUT2D eigenvalue weighted by Crippen LogP contribution is 2.37. The third kappa shape index (κ3) is 3.26. The smallest absolute Gasteiger partial charge is 0.451 e. The standard InChI is InChI=1S/C13H14F3N2O3/c14-13(15,16)11-17-6-3-10(18-11)21-9-1-4-12(5-2-9)19-7-8-20-12/h3,9H,1-2,4-5,7-8H2. The molecular weight excluding hydrogens is 289 g/mol. The number of alkyl halides is 3. The number of nitrogens with zero attached hydrogens (tertiary/aromatic N) is 2. The van der Waals surface area contributed by atoms with Gasteiger partial charge in [-0.3, -0.25) is 0 Å². The first-order chi connectivity index (χ1) is 9.97. The Morgan fingerprint density at radius 1 is 1.24 bits per heavy atom. The molecule has 115 valence electrons. The van der Waals surface area contributed by atoms with Gasteiger partial charge in [-0.05, 0) is 12.8 Å². The van der Waals surface area contributed by atoms with Crippen molar-refractivity contribution in [2.45, 2.75) is 43.8 Å². The van der Waals surface area contributed by atoms with Crippen molar-refractivity contribution in [2.75, 3.05) is 13.2 Å². The molecule has 1 saturated heterocycles. The maximum absolute atomic E-state index is 12.5. The van der Waals surface area contributed by atoms with E-state index < -0.39 is 17.8 Å². The molecule has 21 heavy (non-hydrogen) atoms. The number of hydrogen-bond acceptors (Lipinski definition) is 5. The fourth-order valence-electron chi connectivity index (χ4n) is 2.60. The highest BCUT2D eigenvalue weighted by Gasteiger charge is 2.41. The fraction of sp³-hybridized carbons (Fsp3) is 0.692. The minimum Gasteiger partial charge on any atom is -0.474 e. The first-order valence-electron chi connectivity index (χ1n) is 6.74. The van der Waals surface area contributed by atoms with Gasteiger partial charge in [0.05, 0.1) is 19.4 Å². The summed E-state index contributed by atoms with van der Waals surface area (Å²) in [4.78, 5) is 6.46. The van der Waals surface area contributed by atoms with Gasteiger partial charge in [0.15, 0.2) is 5.79 Å². The molecule has 1 aliphatic carbocycles. The van der Waals surface area contributed by atoms with E-state index in [2.05, 4.69) is 16.2 Å². The molecule has 1 aromatic heterocycles. The third-order valence-electron chi connectivity index (χ3n) is 3.62. The zero-order chi connectivity index (χ0) is 14.9. The second kappa shape index (κ2) is 5.42. The molecule has 0 amide bonds. The summed E-state index contributed by atoms with van der Waals surface area (Å²) in [5.41, 5.74) is 0. The Balaban J connectivity index is 1.60. The summed E-state index contributed by atoms with van der Waals surface area (Å²) < 4.78 is 54.2. The molecule has 5 nitrogen and oxygen atoms in total. The van der Waals surface area contributed by atoms with Crippen LogP contribution in [0.3, 0.4) is 0 Å². The molecule has 2 heterocycles. The SMILES string of the molecule is FC(F)(F)c1n[c]cc(OC2CCC3(CC2)OCCO3)n1. The second-order valence-corrected chi connectivity index (χ2v) is 5.08. The molecule has 0 aromatic carbocycles. The van der Waals surface area contributed by atoms with Crippen LogP contribution in [0.4, 0.5) is 13.2 Å². The van der Waals surface area contributed by atoms with Crippen molar-refractivity contribution in [2.24, 2.45) is 0 Å². The zero-order valence-corrected chi connectivity index (χ0v) is 11.2. The van der Waals surface area contributed by atoms with Gasteiger partial charge >= 0.3 is 6.18 Å². The minimum atomic E-state index is -4.60. The first-order valence-corrected chi connectivity index (χ1v) is 6.74. The number of rotatable bonds is 2. The number of halogens is 3. The van der Waals surface area contributed by atoms with Crippen LogP contribution in [0.25, 0.3) is 0 Å². The van der Waals surface area contributed by atoms with E-state index in [4.69, 9.17) is 14.2 Å². The Morgan fingerprint density at radius 2 is 1.90 bits per heavy atom. The Hall–Kier alpha value is -1.41. The van der Waals surface area contributed by atoms with Crippen LogP contribution in [0.15, 0.2) is 6.07 Å². The summed E-state index contributed by atoms with van der Waals surface area (Å²) in [6.45, 7) is 1.17. The zero-order valence-electron chi connectivity index (χ0n) is 11.2. The molecule has 0 N–H and O–H groups in total.